The fourth-order valence-corrected chi connectivity index (χ4v) is 2.65. The topological polar surface area (TPSA) is 39.2 Å². The highest BCUT2D eigenvalue weighted by Crippen LogP contribution is 2.33. The van der Waals surface area contributed by atoms with Crippen molar-refractivity contribution in [3.05, 3.63) is 59.4 Å². The fraction of sp³-hybridized carbons (Fsp3) is 0.294. The van der Waals surface area contributed by atoms with Crippen molar-refractivity contribution in [1.82, 2.24) is 4.98 Å². The van der Waals surface area contributed by atoms with Gasteiger partial charge >= 0.3 is 0 Å². The normalized spacial score (nSPS) is 17.4. The van der Waals surface area contributed by atoms with Gasteiger partial charge < -0.3 is 4.74 Å². The summed E-state index contributed by atoms with van der Waals surface area (Å²) in [5.41, 5.74) is 3.12. The van der Waals surface area contributed by atoms with Gasteiger partial charge in [0, 0.05) is 6.92 Å². The number of hydrogen-bond donors (Lipinski definition) is 0. The maximum absolute atomic E-state index is 11.2. The molecule has 1 atom stereocenters. The molecule has 0 aliphatic heterocycles. The fourth-order valence-electron chi connectivity index (χ4n) is 2.65. The van der Waals surface area contributed by atoms with Crippen molar-refractivity contribution in [2.75, 3.05) is 0 Å². The van der Waals surface area contributed by atoms with Crippen LogP contribution in [0, 0.1) is 0 Å². The first-order valence-corrected chi connectivity index (χ1v) is 6.95. The smallest absolute Gasteiger partial charge is 0.178 e. The van der Waals surface area contributed by atoms with Crippen LogP contribution >= 0.6 is 0 Å². The number of carbonyl (C=O) groups excluding carboxylic acids is 1. The molecular weight excluding hydrogens is 250 g/mol. The molecule has 1 aliphatic rings. The number of hydrogen-bond acceptors (Lipinski definition) is 3. The first kappa shape index (κ1) is 12.9. The van der Waals surface area contributed by atoms with Crippen molar-refractivity contribution in [3.63, 3.8) is 0 Å². The van der Waals surface area contributed by atoms with E-state index in [0.29, 0.717) is 5.69 Å². The van der Waals surface area contributed by atoms with Crippen molar-refractivity contribution in [1.29, 1.82) is 0 Å². The lowest BCUT2D eigenvalue weighted by atomic mass is 9.89. The number of fused-ring (bicyclic) bond motifs is 1. The van der Waals surface area contributed by atoms with E-state index >= 15 is 0 Å². The molecule has 102 valence electrons. The molecule has 0 saturated heterocycles. The van der Waals surface area contributed by atoms with Gasteiger partial charge in [-0.25, -0.2) is 4.98 Å². The molecule has 1 aromatic heterocycles. The van der Waals surface area contributed by atoms with Gasteiger partial charge in [0.15, 0.2) is 5.78 Å². The lowest BCUT2D eigenvalue weighted by Gasteiger charge is -2.26. The van der Waals surface area contributed by atoms with E-state index < -0.39 is 0 Å². The average molecular weight is 267 g/mol. The zero-order chi connectivity index (χ0) is 13.9. The molecule has 0 amide bonds. The number of carbonyl (C=O) groups is 1. The molecule has 0 spiro atoms. The largest absolute Gasteiger partial charge is 0.484 e. The number of ether oxygens (including phenoxy) is 1. The lowest BCUT2D eigenvalue weighted by Crippen LogP contribution is -2.15. The number of Topliss-reactive ketones (excluding diaryl/α,β-unsaturated/α-hetero) is 1. The second kappa shape index (κ2) is 5.45. The van der Waals surface area contributed by atoms with E-state index in [4.69, 9.17) is 4.74 Å². The zero-order valence-corrected chi connectivity index (χ0v) is 11.5. The molecule has 3 heteroatoms. The van der Waals surface area contributed by atoms with Crippen LogP contribution in [0.15, 0.2) is 42.6 Å². The Kier molecular flexibility index (Phi) is 3.50. The summed E-state index contributed by atoms with van der Waals surface area (Å²) in [4.78, 5) is 15.3. The van der Waals surface area contributed by atoms with Gasteiger partial charge in [0.25, 0.3) is 0 Å². The van der Waals surface area contributed by atoms with E-state index in [1.807, 2.05) is 6.07 Å². The van der Waals surface area contributed by atoms with Crippen LogP contribution < -0.4 is 4.74 Å². The molecule has 1 aromatic carbocycles. The van der Waals surface area contributed by atoms with Crippen LogP contribution in [0.2, 0.25) is 0 Å². The maximum Gasteiger partial charge on any atom is 0.178 e. The highest BCUT2D eigenvalue weighted by atomic mass is 16.5. The van der Waals surface area contributed by atoms with Crippen molar-refractivity contribution < 1.29 is 9.53 Å². The first-order chi connectivity index (χ1) is 9.74. The van der Waals surface area contributed by atoms with Gasteiger partial charge in [0.2, 0.25) is 0 Å². The third-order valence-electron chi connectivity index (χ3n) is 3.69. The van der Waals surface area contributed by atoms with Gasteiger partial charge in [0.1, 0.15) is 17.5 Å². The van der Waals surface area contributed by atoms with E-state index in [-0.39, 0.29) is 11.9 Å². The first-order valence-electron chi connectivity index (χ1n) is 6.95. The van der Waals surface area contributed by atoms with E-state index in [2.05, 4.69) is 29.2 Å². The number of aromatic nitrogens is 1. The van der Waals surface area contributed by atoms with Gasteiger partial charge in [-0.05, 0) is 42.5 Å². The standard InChI is InChI=1S/C17H17NO2/c1-12(19)16-10-9-14(11-18-16)20-17-8-4-6-13-5-2-3-7-15(13)17/h2-3,5,7,9-11,17H,4,6,8H2,1H3. The van der Waals surface area contributed by atoms with Crippen molar-refractivity contribution >= 4 is 5.78 Å². The predicted molar refractivity (Wildman–Crippen MR) is 77.0 cm³/mol. The maximum atomic E-state index is 11.2. The Morgan fingerprint density at radius 2 is 2.10 bits per heavy atom. The highest BCUT2D eigenvalue weighted by Gasteiger charge is 2.21. The summed E-state index contributed by atoms with van der Waals surface area (Å²) >= 11 is 0. The van der Waals surface area contributed by atoms with Crippen LogP contribution in [-0.2, 0) is 6.42 Å². The van der Waals surface area contributed by atoms with E-state index in [9.17, 15) is 4.79 Å². The summed E-state index contributed by atoms with van der Waals surface area (Å²) in [6.45, 7) is 1.51. The monoisotopic (exact) mass is 267 g/mol. The van der Waals surface area contributed by atoms with Crippen LogP contribution in [0.4, 0.5) is 0 Å². The minimum atomic E-state index is -0.0282. The second-order valence-electron chi connectivity index (χ2n) is 5.13. The van der Waals surface area contributed by atoms with Gasteiger partial charge in [-0.2, -0.15) is 0 Å². The molecule has 0 N–H and O–H groups in total. The quantitative estimate of drug-likeness (QED) is 0.795. The molecule has 0 bridgehead atoms. The molecule has 1 aliphatic carbocycles. The Balaban J connectivity index is 1.80. The molecule has 0 fully saturated rings. The number of aryl methyl sites for hydroxylation is 1. The Morgan fingerprint density at radius 1 is 1.25 bits per heavy atom. The Bertz CT molecular complexity index is 619. The number of pyridine rings is 1. The molecule has 1 unspecified atom stereocenters. The zero-order valence-electron chi connectivity index (χ0n) is 11.5. The van der Waals surface area contributed by atoms with Crippen LogP contribution in [-0.4, -0.2) is 10.8 Å². The SMILES string of the molecule is CC(=O)c1ccc(OC2CCCc3ccccc32)cn1. The molecule has 3 nitrogen and oxygen atoms in total. The third-order valence-corrected chi connectivity index (χ3v) is 3.69. The molecular formula is C17H17NO2. The van der Waals surface area contributed by atoms with Crippen molar-refractivity contribution in [3.8, 4) is 5.75 Å². The van der Waals surface area contributed by atoms with E-state index in [1.54, 1.807) is 12.3 Å². The Labute approximate surface area is 118 Å². The molecule has 20 heavy (non-hydrogen) atoms. The van der Waals surface area contributed by atoms with Crippen LogP contribution in [0.25, 0.3) is 0 Å². The summed E-state index contributed by atoms with van der Waals surface area (Å²) in [5.74, 6) is 0.691. The van der Waals surface area contributed by atoms with Crippen molar-refractivity contribution in [2.45, 2.75) is 32.3 Å². The van der Waals surface area contributed by atoms with E-state index in [0.717, 1.165) is 25.0 Å². The summed E-state index contributed by atoms with van der Waals surface area (Å²) in [6, 6.07) is 12.0. The van der Waals surface area contributed by atoms with Crippen LogP contribution in [0.3, 0.4) is 0 Å². The molecule has 2 aromatic rings. The van der Waals surface area contributed by atoms with E-state index in [1.165, 1.54) is 18.1 Å². The number of nitrogens with zero attached hydrogens (tertiary/aromatic N) is 1. The summed E-state index contributed by atoms with van der Waals surface area (Å²) in [6.07, 6.45) is 5.00. The minimum absolute atomic E-state index is 0.0282. The molecule has 1 heterocycles. The number of benzene rings is 1. The summed E-state index contributed by atoms with van der Waals surface area (Å²) in [5, 5.41) is 0. The third kappa shape index (κ3) is 2.57. The van der Waals surface area contributed by atoms with Gasteiger partial charge in [-0.3, -0.25) is 4.79 Å². The predicted octanol–water partition coefficient (Wildman–Crippen LogP) is 3.74. The average Bonchev–Trinajstić information content (AvgIpc) is 2.48. The number of rotatable bonds is 3. The molecule has 3 rings (SSSR count). The second-order valence-corrected chi connectivity index (χ2v) is 5.13. The molecule has 0 radical (unpaired) electrons. The Hall–Kier alpha value is -2.16. The van der Waals surface area contributed by atoms with Crippen molar-refractivity contribution in [2.24, 2.45) is 0 Å². The summed E-state index contributed by atoms with van der Waals surface area (Å²) < 4.78 is 6.04. The number of ketones is 1. The summed E-state index contributed by atoms with van der Waals surface area (Å²) in [7, 11) is 0. The Morgan fingerprint density at radius 3 is 2.85 bits per heavy atom. The van der Waals surface area contributed by atoms with Gasteiger partial charge in [-0.1, -0.05) is 24.3 Å². The lowest BCUT2D eigenvalue weighted by molar-refractivity contribution is 0.101. The molecule has 0 saturated carbocycles. The van der Waals surface area contributed by atoms with Gasteiger partial charge in [-0.15, -0.1) is 0 Å². The minimum Gasteiger partial charge on any atom is -0.484 e. The highest BCUT2D eigenvalue weighted by molar-refractivity contribution is 5.92. The van der Waals surface area contributed by atoms with Gasteiger partial charge in [0.05, 0.1) is 6.20 Å². The van der Waals surface area contributed by atoms with Crippen LogP contribution in [0.5, 0.6) is 5.75 Å². The van der Waals surface area contributed by atoms with Crippen LogP contribution in [0.1, 0.15) is 47.5 Å².